The number of hydrogen-bond donors (Lipinski definition) is 2. The van der Waals surface area contributed by atoms with Crippen molar-refractivity contribution in [2.45, 2.75) is 46.1 Å². The fourth-order valence-electron chi connectivity index (χ4n) is 4.52. The molecule has 1 aliphatic heterocycles. The number of rotatable bonds is 0. The predicted octanol–water partition coefficient (Wildman–Crippen LogP) is 3.82. The van der Waals surface area contributed by atoms with E-state index in [4.69, 9.17) is 4.74 Å². The minimum Gasteiger partial charge on any atom is -0.508 e. The van der Waals surface area contributed by atoms with Gasteiger partial charge < -0.3 is 14.9 Å². The number of benzene rings is 1. The molecule has 0 unspecified atom stereocenters. The number of carbonyl (C=O) groups is 2. The molecule has 2 N–H and O–H groups in total. The Morgan fingerprint density at radius 1 is 1.15 bits per heavy atom. The Bertz CT molecular complexity index is 932. The van der Waals surface area contributed by atoms with Gasteiger partial charge in [0.1, 0.15) is 17.1 Å². The summed E-state index contributed by atoms with van der Waals surface area (Å²) in [6.45, 7) is 7.42. The quantitative estimate of drug-likeness (QED) is 0.692. The van der Waals surface area contributed by atoms with Crippen molar-refractivity contribution in [3.63, 3.8) is 0 Å². The average Bonchev–Trinajstić information content (AvgIpc) is 2.56. The number of phenols is 2. The highest BCUT2D eigenvalue weighted by atomic mass is 16.5. The number of aromatic hydroxyl groups is 2. The van der Waals surface area contributed by atoms with Gasteiger partial charge in [-0.25, -0.2) is 0 Å². The molecule has 0 bridgehead atoms. The van der Waals surface area contributed by atoms with Crippen molar-refractivity contribution in [3.05, 3.63) is 45.7 Å². The van der Waals surface area contributed by atoms with Crippen LogP contribution in [0.3, 0.4) is 0 Å². The first-order chi connectivity index (χ1) is 12.1. The molecule has 0 saturated carbocycles. The highest BCUT2D eigenvalue weighted by Gasteiger charge is 2.51. The lowest BCUT2D eigenvalue weighted by atomic mass is 9.65. The van der Waals surface area contributed by atoms with E-state index < -0.39 is 11.4 Å². The molecule has 26 heavy (non-hydrogen) atoms. The number of Topliss-reactive ketones (excluding diaryl/α,β-unsaturated/α-hetero) is 2. The molecule has 2 aliphatic carbocycles. The third-order valence-electron chi connectivity index (χ3n) is 6.03. The van der Waals surface area contributed by atoms with E-state index in [9.17, 15) is 19.8 Å². The summed E-state index contributed by atoms with van der Waals surface area (Å²) in [6.07, 6.45) is 3.89. The summed E-state index contributed by atoms with van der Waals surface area (Å²) in [5.41, 5.74) is 1.11. The van der Waals surface area contributed by atoms with Gasteiger partial charge in [0.2, 0.25) is 5.78 Å². The summed E-state index contributed by atoms with van der Waals surface area (Å²) < 4.78 is 6.05. The molecule has 5 nitrogen and oxygen atoms in total. The third-order valence-corrected chi connectivity index (χ3v) is 6.03. The summed E-state index contributed by atoms with van der Waals surface area (Å²) in [4.78, 5) is 26.4. The molecule has 0 fully saturated rings. The monoisotopic (exact) mass is 354 g/mol. The molecule has 4 rings (SSSR count). The highest BCUT2D eigenvalue weighted by molar-refractivity contribution is 6.28. The SMILES string of the molecule is CC1=C[C@H]2C3=C(OC(C)(C)[C@H]2CC1)C(=O)c1c(cc(O)c(C)c1O)C3=O. The minimum atomic E-state index is -0.588. The van der Waals surface area contributed by atoms with Crippen LogP contribution in [0.2, 0.25) is 0 Å². The molecule has 5 heteroatoms. The summed E-state index contributed by atoms with van der Waals surface area (Å²) in [5, 5.41) is 20.4. The first-order valence-corrected chi connectivity index (χ1v) is 8.89. The summed E-state index contributed by atoms with van der Waals surface area (Å²) in [5.74, 6) is -1.46. The first-order valence-electron chi connectivity index (χ1n) is 8.89. The molecular weight excluding hydrogens is 332 g/mol. The fraction of sp³-hybridized carbons (Fsp3) is 0.429. The fourth-order valence-corrected chi connectivity index (χ4v) is 4.52. The zero-order valence-corrected chi connectivity index (χ0v) is 15.3. The number of fused-ring (bicyclic) bond motifs is 3. The van der Waals surface area contributed by atoms with Crippen LogP contribution in [0.15, 0.2) is 29.0 Å². The Morgan fingerprint density at radius 2 is 1.85 bits per heavy atom. The van der Waals surface area contributed by atoms with Gasteiger partial charge in [-0.1, -0.05) is 11.6 Å². The van der Waals surface area contributed by atoms with Crippen LogP contribution in [0.5, 0.6) is 11.5 Å². The van der Waals surface area contributed by atoms with Gasteiger partial charge in [0.25, 0.3) is 0 Å². The number of ketones is 2. The largest absolute Gasteiger partial charge is 0.508 e. The van der Waals surface area contributed by atoms with Crippen molar-refractivity contribution >= 4 is 11.6 Å². The van der Waals surface area contributed by atoms with Gasteiger partial charge >= 0.3 is 0 Å². The molecule has 1 aromatic rings. The molecular formula is C21H22O5. The Kier molecular flexibility index (Phi) is 3.39. The smallest absolute Gasteiger partial charge is 0.232 e. The van der Waals surface area contributed by atoms with Crippen LogP contribution in [-0.4, -0.2) is 27.4 Å². The summed E-state index contributed by atoms with van der Waals surface area (Å²) in [7, 11) is 0. The number of ether oxygens (including phenoxy) is 1. The highest BCUT2D eigenvalue weighted by Crippen LogP contribution is 2.51. The maximum Gasteiger partial charge on any atom is 0.232 e. The molecule has 0 aromatic heterocycles. The van der Waals surface area contributed by atoms with Gasteiger partial charge in [0.15, 0.2) is 11.5 Å². The van der Waals surface area contributed by atoms with Crippen molar-refractivity contribution < 1.29 is 24.5 Å². The third kappa shape index (κ3) is 2.09. The number of carbonyl (C=O) groups excluding carboxylic acids is 2. The normalized spacial score (nSPS) is 26.5. The van der Waals surface area contributed by atoms with Gasteiger partial charge in [-0.05, 0) is 46.6 Å². The van der Waals surface area contributed by atoms with Gasteiger partial charge in [0, 0.05) is 23.0 Å². The molecule has 2 atom stereocenters. The van der Waals surface area contributed by atoms with Crippen LogP contribution in [-0.2, 0) is 4.74 Å². The van der Waals surface area contributed by atoms with Crippen LogP contribution in [0, 0.1) is 18.8 Å². The molecule has 0 spiro atoms. The van der Waals surface area contributed by atoms with E-state index in [1.165, 1.54) is 18.6 Å². The van der Waals surface area contributed by atoms with Gasteiger partial charge in [-0.15, -0.1) is 0 Å². The van der Waals surface area contributed by atoms with Gasteiger partial charge in [0.05, 0.1) is 11.1 Å². The minimum absolute atomic E-state index is 0.0417. The number of allylic oxidation sites excluding steroid dienone is 4. The van der Waals surface area contributed by atoms with Gasteiger partial charge in [-0.2, -0.15) is 0 Å². The van der Waals surface area contributed by atoms with Crippen LogP contribution < -0.4 is 0 Å². The second-order valence-electron chi connectivity index (χ2n) is 8.08. The lowest BCUT2D eigenvalue weighted by Gasteiger charge is -2.47. The predicted molar refractivity (Wildman–Crippen MR) is 95.3 cm³/mol. The van der Waals surface area contributed by atoms with Crippen LogP contribution in [0.25, 0.3) is 0 Å². The first kappa shape index (κ1) is 16.9. The lowest BCUT2D eigenvalue weighted by molar-refractivity contribution is -0.0493. The molecule has 0 amide bonds. The topological polar surface area (TPSA) is 83.8 Å². The standard InChI is InChI=1S/C21H22O5/c1-9-5-6-13-11(7-9)16-18(24)12-8-14(22)10(2)17(23)15(12)19(25)20(16)26-21(13,3)4/h7-8,11,13,22-23H,5-6H2,1-4H3/t11-,13+/m1/s1. The summed E-state index contributed by atoms with van der Waals surface area (Å²) in [6, 6.07) is 1.28. The molecule has 136 valence electrons. The molecule has 1 heterocycles. The van der Waals surface area contributed by atoms with Crippen molar-refractivity contribution in [2.24, 2.45) is 11.8 Å². The van der Waals surface area contributed by atoms with Crippen LogP contribution in [0.4, 0.5) is 0 Å². The number of hydrogen-bond acceptors (Lipinski definition) is 5. The average molecular weight is 354 g/mol. The Morgan fingerprint density at radius 3 is 2.54 bits per heavy atom. The zero-order chi connectivity index (χ0) is 19.0. The Hall–Kier alpha value is -2.56. The van der Waals surface area contributed by atoms with Crippen molar-refractivity contribution in [1.29, 1.82) is 0 Å². The maximum absolute atomic E-state index is 13.2. The number of phenolic OH excluding ortho intramolecular Hbond substituents is 2. The van der Waals surface area contributed by atoms with E-state index in [1.54, 1.807) is 0 Å². The van der Waals surface area contributed by atoms with E-state index in [0.717, 1.165) is 12.8 Å². The maximum atomic E-state index is 13.2. The van der Waals surface area contributed by atoms with Crippen molar-refractivity contribution in [2.75, 3.05) is 0 Å². The van der Waals surface area contributed by atoms with Crippen molar-refractivity contribution in [3.8, 4) is 11.5 Å². The molecule has 1 aromatic carbocycles. The van der Waals surface area contributed by atoms with E-state index in [-0.39, 0.29) is 51.6 Å². The Balaban J connectivity index is 1.98. The zero-order valence-electron chi connectivity index (χ0n) is 15.3. The molecule has 3 aliphatic rings. The van der Waals surface area contributed by atoms with Crippen LogP contribution in [0.1, 0.15) is 59.9 Å². The van der Waals surface area contributed by atoms with Crippen molar-refractivity contribution in [1.82, 2.24) is 0 Å². The van der Waals surface area contributed by atoms with Gasteiger partial charge in [-0.3, -0.25) is 9.59 Å². The molecule has 0 saturated heterocycles. The molecule has 0 radical (unpaired) electrons. The second-order valence-corrected chi connectivity index (χ2v) is 8.08. The summed E-state index contributed by atoms with van der Waals surface area (Å²) >= 11 is 0. The van der Waals surface area contributed by atoms with E-state index in [2.05, 4.69) is 6.08 Å². The van der Waals surface area contributed by atoms with Crippen LogP contribution >= 0.6 is 0 Å². The Labute approximate surface area is 152 Å². The van der Waals surface area contributed by atoms with E-state index in [1.807, 2.05) is 20.8 Å². The van der Waals surface area contributed by atoms with E-state index in [0.29, 0.717) is 5.57 Å². The van der Waals surface area contributed by atoms with E-state index >= 15 is 0 Å². The lowest BCUT2D eigenvalue weighted by Crippen LogP contribution is -2.48. The second kappa shape index (κ2) is 5.22.